The first-order valence-corrected chi connectivity index (χ1v) is 12.6. The molecule has 1 saturated carbocycles. The van der Waals surface area contributed by atoms with Gasteiger partial charge < -0.3 is 15.5 Å². The number of hydrogen-bond acceptors (Lipinski definition) is 4. The molecule has 2 heterocycles. The number of benzodiazepines with no additional fused rings is 1. The number of fused-ring (bicyclic) bond motifs is 1. The Morgan fingerprint density at radius 2 is 1.81 bits per heavy atom. The normalized spacial score (nSPS) is 18.1. The second-order valence-corrected chi connectivity index (χ2v) is 9.48. The van der Waals surface area contributed by atoms with E-state index in [1.807, 2.05) is 73.7 Å². The standard InChI is InChI=1S/C29H31N5O2/c1-20-10-9-14-22(18-20)31-29(36)33-27-28(35)34(19-23-13-7-8-17-30-23)25-16-6-5-15-24(25)26(32-27)21-11-3-2-4-12-21/h5-10,13-18,21,27H,2-4,11-12,19H2,1H3,(H2,31,33,36). The Balaban J connectivity index is 1.50. The molecule has 1 atom stereocenters. The first-order chi connectivity index (χ1) is 17.6. The fraction of sp³-hybridized carbons (Fsp3) is 0.310. The smallest absolute Gasteiger partial charge is 0.308 e. The van der Waals surface area contributed by atoms with E-state index in [0.717, 1.165) is 53.9 Å². The van der Waals surface area contributed by atoms with Gasteiger partial charge in [0, 0.05) is 23.4 Å². The zero-order valence-corrected chi connectivity index (χ0v) is 20.5. The summed E-state index contributed by atoms with van der Waals surface area (Å²) in [5.41, 5.74) is 5.14. The summed E-state index contributed by atoms with van der Waals surface area (Å²) in [7, 11) is 0. The van der Waals surface area contributed by atoms with Crippen LogP contribution in [0, 0.1) is 12.8 Å². The number of amides is 3. The van der Waals surface area contributed by atoms with Crippen molar-refractivity contribution < 1.29 is 9.59 Å². The number of benzene rings is 2. The first kappa shape index (κ1) is 23.7. The van der Waals surface area contributed by atoms with E-state index >= 15 is 0 Å². The summed E-state index contributed by atoms with van der Waals surface area (Å²) in [6.07, 6.45) is 6.25. The van der Waals surface area contributed by atoms with Crippen molar-refractivity contribution >= 4 is 29.0 Å². The fourth-order valence-corrected chi connectivity index (χ4v) is 5.08. The van der Waals surface area contributed by atoms with Crippen molar-refractivity contribution in [3.05, 3.63) is 89.7 Å². The number of rotatable bonds is 5. The first-order valence-electron chi connectivity index (χ1n) is 12.6. The Morgan fingerprint density at radius 3 is 2.58 bits per heavy atom. The number of nitrogens with one attached hydrogen (secondary N) is 2. The predicted molar refractivity (Wildman–Crippen MR) is 142 cm³/mol. The Morgan fingerprint density at radius 1 is 1.00 bits per heavy atom. The molecule has 0 bridgehead atoms. The SMILES string of the molecule is Cc1cccc(NC(=O)NC2N=C(C3CCCCC3)c3ccccc3N(Cc3ccccn3)C2=O)c1. The molecule has 0 saturated heterocycles. The molecule has 1 aliphatic carbocycles. The van der Waals surface area contributed by atoms with Crippen LogP contribution in [0.4, 0.5) is 16.2 Å². The highest BCUT2D eigenvalue weighted by molar-refractivity contribution is 6.14. The fourth-order valence-electron chi connectivity index (χ4n) is 5.08. The Hall–Kier alpha value is -4.00. The number of aliphatic imine (C=N–C) groups is 1. The van der Waals surface area contributed by atoms with E-state index in [-0.39, 0.29) is 11.8 Å². The summed E-state index contributed by atoms with van der Waals surface area (Å²) in [5.74, 6) is -0.0232. The second kappa shape index (κ2) is 10.7. The van der Waals surface area contributed by atoms with Crippen LogP contribution in [0.1, 0.15) is 48.9 Å². The van der Waals surface area contributed by atoms with Crippen molar-refractivity contribution in [1.82, 2.24) is 10.3 Å². The summed E-state index contributed by atoms with van der Waals surface area (Å²) >= 11 is 0. The van der Waals surface area contributed by atoms with Gasteiger partial charge in [-0.1, -0.05) is 55.7 Å². The quantitative estimate of drug-likeness (QED) is 0.508. The van der Waals surface area contributed by atoms with Crippen LogP contribution in [0.2, 0.25) is 0 Å². The molecule has 184 valence electrons. The van der Waals surface area contributed by atoms with Crippen LogP contribution >= 0.6 is 0 Å². The molecule has 5 rings (SSSR count). The van der Waals surface area contributed by atoms with E-state index in [1.165, 1.54) is 6.42 Å². The van der Waals surface area contributed by atoms with E-state index in [0.29, 0.717) is 12.2 Å². The Bertz CT molecular complexity index is 1270. The third kappa shape index (κ3) is 5.30. The number of pyridine rings is 1. The molecule has 2 aromatic carbocycles. The molecule has 2 N–H and O–H groups in total. The topological polar surface area (TPSA) is 86.7 Å². The van der Waals surface area contributed by atoms with Crippen molar-refractivity contribution in [2.24, 2.45) is 10.9 Å². The lowest BCUT2D eigenvalue weighted by Crippen LogP contribution is -2.48. The van der Waals surface area contributed by atoms with Gasteiger partial charge in [-0.15, -0.1) is 0 Å². The molecule has 1 aromatic heterocycles. The van der Waals surface area contributed by atoms with Gasteiger partial charge in [0.15, 0.2) is 0 Å². The third-order valence-electron chi connectivity index (χ3n) is 6.82. The lowest BCUT2D eigenvalue weighted by atomic mass is 9.83. The van der Waals surface area contributed by atoms with Gasteiger partial charge in [0.1, 0.15) is 0 Å². The van der Waals surface area contributed by atoms with Crippen molar-refractivity contribution in [3.63, 3.8) is 0 Å². The van der Waals surface area contributed by atoms with Gasteiger partial charge in [-0.05, 0) is 55.7 Å². The molecule has 36 heavy (non-hydrogen) atoms. The van der Waals surface area contributed by atoms with Gasteiger partial charge >= 0.3 is 6.03 Å². The number of carbonyl (C=O) groups is 2. The highest BCUT2D eigenvalue weighted by atomic mass is 16.2. The monoisotopic (exact) mass is 481 g/mol. The van der Waals surface area contributed by atoms with Crippen molar-refractivity contribution in [1.29, 1.82) is 0 Å². The molecule has 1 unspecified atom stereocenters. The Kier molecular flexibility index (Phi) is 7.07. The van der Waals surface area contributed by atoms with Gasteiger partial charge in [0.2, 0.25) is 6.17 Å². The molecular weight excluding hydrogens is 450 g/mol. The number of carbonyl (C=O) groups excluding carboxylic acids is 2. The van der Waals surface area contributed by atoms with Crippen LogP contribution in [-0.4, -0.2) is 28.8 Å². The third-order valence-corrected chi connectivity index (χ3v) is 6.82. The number of aromatic nitrogens is 1. The average molecular weight is 482 g/mol. The van der Waals surface area contributed by atoms with Crippen LogP contribution in [-0.2, 0) is 11.3 Å². The van der Waals surface area contributed by atoms with E-state index < -0.39 is 12.2 Å². The minimum atomic E-state index is -1.04. The summed E-state index contributed by atoms with van der Waals surface area (Å²) in [6.45, 7) is 2.26. The maximum absolute atomic E-state index is 13.9. The van der Waals surface area contributed by atoms with Gasteiger partial charge in [0.05, 0.1) is 23.6 Å². The van der Waals surface area contributed by atoms with Crippen LogP contribution < -0.4 is 15.5 Å². The maximum Gasteiger partial charge on any atom is 0.321 e. The molecule has 1 aliphatic heterocycles. The van der Waals surface area contributed by atoms with Gasteiger partial charge in [0.25, 0.3) is 5.91 Å². The van der Waals surface area contributed by atoms with Crippen molar-refractivity contribution in [3.8, 4) is 0 Å². The molecule has 7 nitrogen and oxygen atoms in total. The lowest BCUT2D eigenvalue weighted by Gasteiger charge is -2.26. The van der Waals surface area contributed by atoms with E-state index in [1.54, 1.807) is 11.1 Å². The molecule has 0 radical (unpaired) electrons. The van der Waals surface area contributed by atoms with Crippen molar-refractivity contribution in [2.75, 3.05) is 10.2 Å². The number of hydrogen-bond donors (Lipinski definition) is 2. The largest absolute Gasteiger partial charge is 0.321 e. The van der Waals surface area contributed by atoms with Crippen LogP contribution in [0.25, 0.3) is 0 Å². The number of aryl methyl sites for hydroxylation is 1. The molecule has 7 heteroatoms. The number of nitrogens with zero attached hydrogens (tertiary/aromatic N) is 3. The average Bonchev–Trinajstić information content (AvgIpc) is 3.00. The summed E-state index contributed by atoms with van der Waals surface area (Å²) < 4.78 is 0. The Labute approximate surface area is 211 Å². The highest BCUT2D eigenvalue weighted by Crippen LogP contribution is 2.34. The summed E-state index contributed by atoms with van der Waals surface area (Å²) in [4.78, 5) is 38.0. The zero-order chi connectivity index (χ0) is 24.9. The van der Waals surface area contributed by atoms with E-state index in [9.17, 15) is 9.59 Å². The van der Waals surface area contributed by atoms with Crippen LogP contribution in [0.5, 0.6) is 0 Å². The zero-order valence-electron chi connectivity index (χ0n) is 20.5. The van der Waals surface area contributed by atoms with Crippen molar-refractivity contribution in [2.45, 2.75) is 51.7 Å². The molecule has 1 fully saturated rings. The number of para-hydroxylation sites is 1. The second-order valence-electron chi connectivity index (χ2n) is 9.48. The molecule has 3 amide bonds. The maximum atomic E-state index is 13.9. The molecule has 3 aromatic rings. The van der Waals surface area contributed by atoms with E-state index in [2.05, 4.69) is 15.6 Å². The molecule has 2 aliphatic rings. The van der Waals surface area contributed by atoms with Gasteiger partial charge in [-0.2, -0.15) is 0 Å². The highest BCUT2D eigenvalue weighted by Gasteiger charge is 2.35. The van der Waals surface area contributed by atoms with Crippen LogP contribution in [0.15, 0.2) is 77.9 Å². The predicted octanol–water partition coefficient (Wildman–Crippen LogP) is 5.45. The summed E-state index contributed by atoms with van der Waals surface area (Å²) in [5, 5.41) is 5.70. The molecule has 0 spiro atoms. The number of anilines is 2. The minimum Gasteiger partial charge on any atom is -0.308 e. The molecular formula is C29H31N5O2. The van der Waals surface area contributed by atoms with Gasteiger partial charge in [-0.25, -0.2) is 4.79 Å². The lowest BCUT2D eigenvalue weighted by molar-refractivity contribution is -0.120. The summed E-state index contributed by atoms with van der Waals surface area (Å²) in [6, 6.07) is 20.7. The van der Waals surface area contributed by atoms with Crippen LogP contribution in [0.3, 0.4) is 0 Å². The minimum absolute atomic E-state index is 0.256. The van der Waals surface area contributed by atoms with Gasteiger partial charge in [-0.3, -0.25) is 14.8 Å². The van der Waals surface area contributed by atoms with E-state index in [4.69, 9.17) is 4.99 Å². The number of urea groups is 1.